The standard InChI is InChI=1S/C23H48O3Si/c1-23(2,3)27(5,6)26-21-19-17-15-13-11-9-7-8-10-12-14-16-18-20-22(24)25-4/h7-21H2,1-6H3. The average molecular weight is 401 g/mol. The molecule has 0 N–H and O–H groups in total. The number of methoxy groups -OCH3 is 1. The lowest BCUT2D eigenvalue weighted by molar-refractivity contribution is -0.140. The van der Waals surface area contributed by atoms with Crippen molar-refractivity contribution in [3.05, 3.63) is 0 Å². The summed E-state index contributed by atoms with van der Waals surface area (Å²) in [5.41, 5.74) is 0. The Labute approximate surface area is 171 Å². The van der Waals surface area contributed by atoms with Crippen LogP contribution in [0.5, 0.6) is 0 Å². The quantitative estimate of drug-likeness (QED) is 0.143. The maximum absolute atomic E-state index is 11.0. The summed E-state index contributed by atoms with van der Waals surface area (Å²) in [6.45, 7) is 12.6. The van der Waals surface area contributed by atoms with E-state index < -0.39 is 8.32 Å². The van der Waals surface area contributed by atoms with E-state index in [2.05, 4.69) is 38.6 Å². The number of hydrogen-bond donors (Lipinski definition) is 0. The third-order valence-corrected chi connectivity index (χ3v) is 10.6. The highest BCUT2D eigenvalue weighted by Crippen LogP contribution is 2.36. The van der Waals surface area contributed by atoms with Gasteiger partial charge in [0.1, 0.15) is 0 Å². The van der Waals surface area contributed by atoms with Crippen molar-refractivity contribution in [2.24, 2.45) is 0 Å². The zero-order valence-corrected chi connectivity index (χ0v) is 20.3. The fourth-order valence-electron chi connectivity index (χ4n) is 2.96. The first-order chi connectivity index (χ1) is 12.7. The van der Waals surface area contributed by atoms with Gasteiger partial charge < -0.3 is 9.16 Å². The fraction of sp³-hybridized carbons (Fsp3) is 0.957. The summed E-state index contributed by atoms with van der Waals surface area (Å²) in [6, 6.07) is 0. The highest BCUT2D eigenvalue weighted by Gasteiger charge is 2.36. The third kappa shape index (κ3) is 15.3. The predicted molar refractivity (Wildman–Crippen MR) is 120 cm³/mol. The summed E-state index contributed by atoms with van der Waals surface area (Å²) in [5, 5.41) is 0.329. The smallest absolute Gasteiger partial charge is 0.305 e. The highest BCUT2D eigenvalue weighted by molar-refractivity contribution is 6.74. The van der Waals surface area contributed by atoms with Crippen molar-refractivity contribution in [1.82, 2.24) is 0 Å². The van der Waals surface area contributed by atoms with E-state index in [4.69, 9.17) is 4.43 Å². The molecule has 0 saturated carbocycles. The second kappa shape index (κ2) is 15.6. The van der Waals surface area contributed by atoms with Crippen LogP contribution in [0.1, 0.15) is 111 Å². The van der Waals surface area contributed by atoms with Crippen LogP contribution in [0.2, 0.25) is 18.1 Å². The van der Waals surface area contributed by atoms with E-state index in [1.54, 1.807) is 0 Å². The van der Waals surface area contributed by atoms with Gasteiger partial charge in [-0.15, -0.1) is 0 Å². The monoisotopic (exact) mass is 400 g/mol. The molecule has 0 aliphatic heterocycles. The van der Waals surface area contributed by atoms with Gasteiger partial charge in [0.2, 0.25) is 0 Å². The van der Waals surface area contributed by atoms with Crippen molar-refractivity contribution >= 4 is 14.3 Å². The van der Waals surface area contributed by atoms with E-state index in [0.717, 1.165) is 19.4 Å². The molecule has 0 amide bonds. The predicted octanol–water partition coefficient (Wildman–Crippen LogP) is 7.64. The molecule has 0 fully saturated rings. The van der Waals surface area contributed by atoms with Crippen molar-refractivity contribution in [2.45, 2.75) is 129 Å². The molecule has 27 heavy (non-hydrogen) atoms. The molecule has 0 aromatic heterocycles. The van der Waals surface area contributed by atoms with E-state index in [9.17, 15) is 4.79 Å². The highest BCUT2D eigenvalue weighted by atomic mass is 28.4. The van der Waals surface area contributed by atoms with Gasteiger partial charge in [0.05, 0.1) is 7.11 Å². The Hall–Kier alpha value is -0.353. The minimum atomic E-state index is -1.54. The average Bonchev–Trinajstić information content (AvgIpc) is 2.60. The SMILES string of the molecule is COC(=O)CCCCCCCCCCCCCCCO[Si](C)(C)C(C)(C)C. The molecule has 0 heterocycles. The number of rotatable bonds is 17. The van der Waals surface area contributed by atoms with E-state index in [1.807, 2.05) is 0 Å². The summed E-state index contributed by atoms with van der Waals surface area (Å²) in [4.78, 5) is 11.0. The molecule has 0 rings (SSSR count). The molecule has 0 atom stereocenters. The van der Waals surface area contributed by atoms with Crippen molar-refractivity contribution in [1.29, 1.82) is 0 Å². The first-order valence-corrected chi connectivity index (χ1v) is 14.3. The van der Waals surface area contributed by atoms with Crippen LogP contribution in [-0.2, 0) is 14.0 Å². The minimum Gasteiger partial charge on any atom is -0.469 e. The zero-order chi connectivity index (χ0) is 20.6. The van der Waals surface area contributed by atoms with Gasteiger partial charge in [0.15, 0.2) is 8.32 Å². The topological polar surface area (TPSA) is 35.5 Å². The first kappa shape index (κ1) is 26.6. The van der Waals surface area contributed by atoms with Crippen molar-refractivity contribution in [3.63, 3.8) is 0 Å². The zero-order valence-electron chi connectivity index (χ0n) is 19.3. The third-order valence-electron chi connectivity index (χ3n) is 6.02. The fourth-order valence-corrected chi connectivity index (χ4v) is 4.05. The number of carbonyl (C=O) groups excluding carboxylic acids is 1. The molecule has 4 heteroatoms. The van der Waals surface area contributed by atoms with Crippen molar-refractivity contribution in [2.75, 3.05) is 13.7 Å². The Morgan fingerprint density at radius 3 is 1.44 bits per heavy atom. The Morgan fingerprint density at radius 1 is 0.704 bits per heavy atom. The van der Waals surface area contributed by atoms with Crippen molar-refractivity contribution in [3.8, 4) is 0 Å². The van der Waals surface area contributed by atoms with Crippen LogP contribution in [0.3, 0.4) is 0 Å². The van der Waals surface area contributed by atoms with Crippen LogP contribution in [0.15, 0.2) is 0 Å². The summed E-state index contributed by atoms with van der Waals surface area (Å²) in [6.07, 6.45) is 17.5. The van der Waals surface area contributed by atoms with Gasteiger partial charge in [-0.2, -0.15) is 0 Å². The lowest BCUT2D eigenvalue weighted by Gasteiger charge is -2.36. The molecular weight excluding hydrogens is 352 g/mol. The summed E-state index contributed by atoms with van der Waals surface area (Å²) in [5.74, 6) is -0.0712. The molecule has 0 spiro atoms. The lowest BCUT2D eigenvalue weighted by atomic mass is 10.0. The molecule has 0 saturated heterocycles. The van der Waals surface area contributed by atoms with Crippen LogP contribution in [0.25, 0.3) is 0 Å². The maximum Gasteiger partial charge on any atom is 0.305 e. The number of hydrogen-bond acceptors (Lipinski definition) is 3. The van der Waals surface area contributed by atoms with Crippen LogP contribution in [-0.4, -0.2) is 28.0 Å². The number of ether oxygens (including phenoxy) is 1. The number of carbonyl (C=O) groups is 1. The maximum atomic E-state index is 11.0. The molecule has 0 radical (unpaired) electrons. The molecule has 162 valence electrons. The van der Waals surface area contributed by atoms with E-state index in [1.165, 1.54) is 77.7 Å². The van der Waals surface area contributed by atoms with Crippen LogP contribution in [0.4, 0.5) is 0 Å². The van der Waals surface area contributed by atoms with Crippen LogP contribution >= 0.6 is 0 Å². The normalized spacial score (nSPS) is 12.4. The van der Waals surface area contributed by atoms with Gasteiger partial charge in [0.25, 0.3) is 0 Å². The van der Waals surface area contributed by atoms with Gasteiger partial charge in [-0.3, -0.25) is 4.79 Å². The van der Waals surface area contributed by atoms with Gasteiger partial charge >= 0.3 is 5.97 Å². The van der Waals surface area contributed by atoms with Gasteiger partial charge in [-0.25, -0.2) is 0 Å². The molecule has 0 aromatic rings. The summed E-state index contributed by atoms with van der Waals surface area (Å²) >= 11 is 0. The molecular formula is C23H48O3Si. The Bertz CT molecular complexity index is 361. The minimum absolute atomic E-state index is 0.0712. The molecule has 0 aromatic carbocycles. The number of esters is 1. The van der Waals surface area contributed by atoms with Gasteiger partial charge in [-0.05, 0) is 31.0 Å². The first-order valence-electron chi connectivity index (χ1n) is 11.4. The van der Waals surface area contributed by atoms with Crippen molar-refractivity contribution < 1.29 is 14.0 Å². The van der Waals surface area contributed by atoms with Gasteiger partial charge in [-0.1, -0.05) is 91.4 Å². The summed E-state index contributed by atoms with van der Waals surface area (Å²) in [7, 11) is -0.0722. The molecule has 0 aliphatic carbocycles. The summed E-state index contributed by atoms with van der Waals surface area (Å²) < 4.78 is 10.9. The Morgan fingerprint density at radius 2 is 1.07 bits per heavy atom. The van der Waals surface area contributed by atoms with E-state index >= 15 is 0 Å². The molecule has 0 bridgehead atoms. The molecule has 0 aliphatic rings. The Balaban J connectivity index is 3.25. The van der Waals surface area contributed by atoms with Gasteiger partial charge in [0, 0.05) is 13.0 Å². The largest absolute Gasteiger partial charge is 0.469 e. The molecule has 3 nitrogen and oxygen atoms in total. The number of unbranched alkanes of at least 4 members (excludes halogenated alkanes) is 12. The van der Waals surface area contributed by atoms with Crippen LogP contribution in [0, 0.1) is 0 Å². The second-order valence-electron chi connectivity index (χ2n) is 9.53. The van der Waals surface area contributed by atoms with Crippen LogP contribution < -0.4 is 0 Å². The molecule has 0 unspecified atom stereocenters. The lowest BCUT2D eigenvalue weighted by Crippen LogP contribution is -2.40. The Kier molecular flexibility index (Phi) is 15.4. The second-order valence-corrected chi connectivity index (χ2v) is 14.3. The van der Waals surface area contributed by atoms with E-state index in [-0.39, 0.29) is 5.97 Å². The van der Waals surface area contributed by atoms with E-state index in [0.29, 0.717) is 11.5 Å².